The highest BCUT2D eigenvalue weighted by Gasteiger charge is 2.19. The van der Waals surface area contributed by atoms with Crippen LogP contribution in [0.3, 0.4) is 0 Å². The van der Waals surface area contributed by atoms with Crippen LogP contribution in [0.2, 0.25) is 0 Å². The Morgan fingerprint density at radius 1 is 1.11 bits per heavy atom. The summed E-state index contributed by atoms with van der Waals surface area (Å²) in [6, 6.07) is 9.29. The van der Waals surface area contributed by atoms with Crippen LogP contribution in [0.1, 0.15) is 29.8 Å². The molecule has 0 fully saturated rings. The highest BCUT2D eigenvalue weighted by Crippen LogP contribution is 2.29. The molecule has 0 aliphatic carbocycles. The average molecular weight is 479 g/mol. The van der Waals surface area contributed by atoms with E-state index in [0.29, 0.717) is 11.4 Å². The van der Waals surface area contributed by atoms with E-state index in [0.717, 1.165) is 28.1 Å². The van der Waals surface area contributed by atoms with Crippen LogP contribution >= 0.6 is 0 Å². The Bertz CT molecular complexity index is 1500. The van der Waals surface area contributed by atoms with Crippen molar-refractivity contribution in [3.63, 3.8) is 0 Å². The number of halogens is 3. The minimum atomic E-state index is -1.59. The van der Waals surface area contributed by atoms with Gasteiger partial charge < -0.3 is 19.2 Å². The zero-order valence-electron chi connectivity index (χ0n) is 19.0. The molecule has 0 radical (unpaired) electrons. The van der Waals surface area contributed by atoms with Crippen molar-refractivity contribution in [1.29, 1.82) is 5.26 Å². The molecule has 0 unspecified atom stereocenters. The van der Waals surface area contributed by atoms with Crippen molar-refractivity contribution in [2.75, 3.05) is 12.4 Å². The first-order chi connectivity index (χ1) is 16.7. The average Bonchev–Trinajstić information content (AvgIpc) is 3.28. The largest absolute Gasteiger partial charge is 0.494 e. The number of rotatable bonds is 6. The third kappa shape index (κ3) is 4.61. The molecule has 2 aromatic carbocycles. The van der Waals surface area contributed by atoms with E-state index in [9.17, 15) is 23.2 Å². The second-order valence-electron chi connectivity index (χ2n) is 7.88. The Kier molecular flexibility index (Phi) is 6.34. The molecule has 4 rings (SSSR count). The van der Waals surface area contributed by atoms with Gasteiger partial charge in [0.05, 0.1) is 36.4 Å². The molecule has 10 heteroatoms. The number of hydrogen-bond acceptors (Lipinski definition) is 5. The van der Waals surface area contributed by atoms with Gasteiger partial charge in [-0.2, -0.15) is 5.26 Å². The molecular formula is C25H20F3N5O2. The van der Waals surface area contributed by atoms with E-state index in [2.05, 4.69) is 10.3 Å². The summed E-state index contributed by atoms with van der Waals surface area (Å²) < 4.78 is 49.4. The van der Waals surface area contributed by atoms with Gasteiger partial charge in [-0.15, -0.1) is 0 Å². The van der Waals surface area contributed by atoms with Crippen LogP contribution in [0.15, 0.2) is 59.9 Å². The third-order valence-corrected chi connectivity index (χ3v) is 5.53. The first-order valence-corrected chi connectivity index (χ1v) is 10.5. The lowest BCUT2D eigenvalue weighted by Gasteiger charge is -2.18. The van der Waals surface area contributed by atoms with Crippen LogP contribution in [-0.2, 0) is 0 Å². The van der Waals surface area contributed by atoms with E-state index >= 15 is 0 Å². The summed E-state index contributed by atoms with van der Waals surface area (Å²) in [7, 11) is 1.51. The highest BCUT2D eigenvalue weighted by atomic mass is 19.2. The summed E-state index contributed by atoms with van der Waals surface area (Å²) in [6.45, 7) is 3.38. The van der Waals surface area contributed by atoms with Gasteiger partial charge in [-0.3, -0.25) is 4.79 Å². The standard InChI is InChI=1S/C25H20F3N5O2/c1-14-11-32(13-30-14)22-5-4-18(9-23(22)35-3)31-21-6-16(10-29)12-33(25(21)34)15(2)17-7-19(26)24(28)20(27)8-17/h4-9,11-13,15,31H,1-3H3/t15-/m0/s1. The summed E-state index contributed by atoms with van der Waals surface area (Å²) in [4.78, 5) is 17.4. The van der Waals surface area contributed by atoms with Crippen molar-refractivity contribution in [1.82, 2.24) is 14.1 Å². The minimum absolute atomic E-state index is 0.0335. The van der Waals surface area contributed by atoms with E-state index in [4.69, 9.17) is 4.74 Å². The molecular weight excluding hydrogens is 459 g/mol. The van der Waals surface area contributed by atoms with Gasteiger partial charge in [0.1, 0.15) is 17.5 Å². The lowest BCUT2D eigenvalue weighted by atomic mass is 10.1. The van der Waals surface area contributed by atoms with Crippen LogP contribution in [-0.4, -0.2) is 21.2 Å². The Hall–Kier alpha value is -4.52. The van der Waals surface area contributed by atoms with Crippen molar-refractivity contribution in [2.24, 2.45) is 0 Å². The molecule has 4 aromatic rings. The molecule has 1 N–H and O–H groups in total. The summed E-state index contributed by atoms with van der Waals surface area (Å²) >= 11 is 0. The second kappa shape index (κ2) is 9.38. The fourth-order valence-corrected chi connectivity index (χ4v) is 3.69. The molecule has 0 aliphatic heterocycles. The van der Waals surface area contributed by atoms with Gasteiger partial charge in [0.15, 0.2) is 17.5 Å². The van der Waals surface area contributed by atoms with Gasteiger partial charge in [0.25, 0.3) is 5.56 Å². The Labute approximate surface area is 198 Å². The molecule has 0 saturated carbocycles. The fraction of sp³-hybridized carbons (Fsp3) is 0.160. The first-order valence-electron chi connectivity index (χ1n) is 10.5. The van der Waals surface area contributed by atoms with Gasteiger partial charge in [-0.1, -0.05) is 0 Å². The maximum atomic E-state index is 13.8. The number of nitrogens with one attached hydrogen (secondary N) is 1. The fourth-order valence-electron chi connectivity index (χ4n) is 3.69. The lowest BCUT2D eigenvalue weighted by Crippen LogP contribution is -2.26. The molecule has 35 heavy (non-hydrogen) atoms. The lowest BCUT2D eigenvalue weighted by molar-refractivity contribution is 0.413. The number of aryl methyl sites for hydroxylation is 1. The van der Waals surface area contributed by atoms with Gasteiger partial charge in [0, 0.05) is 24.1 Å². The van der Waals surface area contributed by atoms with Crippen LogP contribution in [0, 0.1) is 35.7 Å². The Morgan fingerprint density at radius 3 is 2.43 bits per heavy atom. The van der Waals surface area contributed by atoms with Crippen LogP contribution < -0.4 is 15.6 Å². The summed E-state index contributed by atoms with van der Waals surface area (Å²) in [5, 5.41) is 12.5. The zero-order chi connectivity index (χ0) is 25.3. The topological polar surface area (TPSA) is 84.9 Å². The number of anilines is 2. The Balaban J connectivity index is 1.73. The van der Waals surface area contributed by atoms with E-state index in [1.54, 1.807) is 29.1 Å². The SMILES string of the molecule is COc1cc(Nc2cc(C#N)cn([C@@H](C)c3cc(F)c(F)c(F)c3)c2=O)ccc1-n1cnc(C)c1. The number of benzene rings is 2. The van der Waals surface area contributed by atoms with Crippen LogP contribution in [0.4, 0.5) is 24.5 Å². The highest BCUT2D eigenvalue weighted by molar-refractivity contribution is 5.65. The quantitative estimate of drug-likeness (QED) is 0.394. The number of hydrogen-bond donors (Lipinski definition) is 1. The molecule has 1 atom stereocenters. The number of ether oxygens (including phenoxy) is 1. The van der Waals surface area contributed by atoms with Crippen molar-refractivity contribution < 1.29 is 17.9 Å². The van der Waals surface area contributed by atoms with Crippen molar-refractivity contribution in [2.45, 2.75) is 19.9 Å². The maximum Gasteiger partial charge on any atom is 0.274 e. The molecule has 2 heterocycles. The zero-order valence-corrected chi connectivity index (χ0v) is 19.0. The maximum absolute atomic E-state index is 13.8. The molecule has 178 valence electrons. The molecule has 0 aliphatic rings. The summed E-state index contributed by atoms with van der Waals surface area (Å²) in [5.41, 5.74) is 1.76. The second-order valence-corrected chi connectivity index (χ2v) is 7.88. The molecule has 2 aromatic heterocycles. The number of methoxy groups -OCH3 is 1. The number of imidazole rings is 1. The van der Waals surface area contributed by atoms with Crippen molar-refractivity contribution in [3.05, 3.63) is 99.7 Å². The first kappa shape index (κ1) is 23.6. The number of nitriles is 1. The van der Waals surface area contributed by atoms with E-state index < -0.39 is 29.1 Å². The number of nitrogens with zero attached hydrogens (tertiary/aromatic N) is 4. The van der Waals surface area contributed by atoms with Crippen molar-refractivity contribution in [3.8, 4) is 17.5 Å². The molecule has 0 bridgehead atoms. The smallest absolute Gasteiger partial charge is 0.274 e. The van der Waals surface area contributed by atoms with Gasteiger partial charge >= 0.3 is 0 Å². The third-order valence-electron chi connectivity index (χ3n) is 5.53. The van der Waals surface area contributed by atoms with E-state index in [-0.39, 0.29) is 16.8 Å². The van der Waals surface area contributed by atoms with Crippen molar-refractivity contribution >= 4 is 11.4 Å². The van der Waals surface area contributed by atoms with Gasteiger partial charge in [-0.05, 0) is 49.7 Å². The van der Waals surface area contributed by atoms with Gasteiger partial charge in [-0.25, -0.2) is 18.2 Å². The van der Waals surface area contributed by atoms with Gasteiger partial charge in [0.2, 0.25) is 0 Å². The predicted octanol–water partition coefficient (Wildman–Crippen LogP) is 4.99. The summed E-state index contributed by atoms with van der Waals surface area (Å²) in [5.74, 6) is -3.82. The van der Waals surface area contributed by atoms with Crippen LogP contribution in [0.25, 0.3) is 5.69 Å². The molecule has 0 amide bonds. The van der Waals surface area contributed by atoms with E-state index in [1.165, 1.54) is 26.3 Å². The van der Waals surface area contributed by atoms with Crippen LogP contribution in [0.5, 0.6) is 5.75 Å². The molecule has 0 spiro atoms. The predicted molar refractivity (Wildman–Crippen MR) is 124 cm³/mol. The number of pyridine rings is 1. The normalized spacial score (nSPS) is 11.7. The summed E-state index contributed by atoms with van der Waals surface area (Å²) in [6.07, 6.45) is 4.77. The molecule has 7 nitrogen and oxygen atoms in total. The molecule has 0 saturated heterocycles. The number of aromatic nitrogens is 3. The monoisotopic (exact) mass is 479 g/mol. The minimum Gasteiger partial charge on any atom is -0.494 e. The van der Waals surface area contributed by atoms with E-state index in [1.807, 2.05) is 19.2 Å². The Morgan fingerprint density at radius 2 is 1.83 bits per heavy atom.